The highest BCUT2D eigenvalue weighted by Gasteiger charge is 2.33. The number of carbonyl (C=O) groups is 2. The third kappa shape index (κ3) is 4.95. The fraction of sp³-hybridized carbons (Fsp3) is 0.261. The van der Waals surface area contributed by atoms with Crippen molar-refractivity contribution in [3.8, 4) is 11.3 Å². The van der Waals surface area contributed by atoms with Crippen LogP contribution in [0.25, 0.3) is 11.3 Å². The topological polar surface area (TPSA) is 96.4 Å². The van der Waals surface area contributed by atoms with Crippen LogP contribution in [0.3, 0.4) is 0 Å². The van der Waals surface area contributed by atoms with Crippen LogP contribution in [-0.2, 0) is 14.6 Å². The number of anilines is 1. The normalized spacial score (nSPS) is 16.9. The molecule has 0 spiro atoms. The van der Waals surface area contributed by atoms with Gasteiger partial charge in [0.2, 0.25) is 5.91 Å². The van der Waals surface area contributed by atoms with Gasteiger partial charge in [0.25, 0.3) is 0 Å². The van der Waals surface area contributed by atoms with Gasteiger partial charge in [-0.25, -0.2) is 13.4 Å². The van der Waals surface area contributed by atoms with Gasteiger partial charge in [-0.15, -0.1) is 0 Å². The van der Waals surface area contributed by atoms with Crippen molar-refractivity contribution in [3.63, 3.8) is 0 Å². The van der Waals surface area contributed by atoms with Gasteiger partial charge in [-0.1, -0.05) is 72.0 Å². The molecule has 1 aromatic heterocycles. The summed E-state index contributed by atoms with van der Waals surface area (Å²) >= 11 is 1.14. The van der Waals surface area contributed by atoms with E-state index in [1.807, 2.05) is 65.6 Å². The molecule has 0 radical (unpaired) electrons. The summed E-state index contributed by atoms with van der Waals surface area (Å²) in [6, 6.07) is 18.0. The Balaban J connectivity index is 1.63. The number of Topliss-reactive ketones (excluding diaryl/α,β-unsaturated/α-hetero) is 1. The largest absolute Gasteiger partial charge is 0.300 e. The molecule has 1 fully saturated rings. The molecule has 0 bridgehead atoms. The standard InChI is InChI=1S/C23H23N3O4S2/c1-16(27)21-19(17-8-4-2-5-9-17)24-23(31-21)25-22(28)20(18-10-6-3-7-11-18)26-12-14-32(29,30)15-13-26/h2-11,20H,12-15H2,1H3,(H,24,25,28). The van der Waals surface area contributed by atoms with Crippen LogP contribution in [0.5, 0.6) is 0 Å². The zero-order chi connectivity index (χ0) is 22.7. The minimum Gasteiger partial charge on any atom is -0.300 e. The second kappa shape index (κ2) is 9.32. The molecule has 1 aliphatic rings. The molecule has 1 atom stereocenters. The number of thiazole rings is 1. The number of nitrogens with zero attached hydrogens (tertiary/aromatic N) is 2. The summed E-state index contributed by atoms with van der Waals surface area (Å²) in [7, 11) is -3.08. The van der Waals surface area contributed by atoms with Gasteiger partial charge >= 0.3 is 0 Å². The third-order valence-electron chi connectivity index (χ3n) is 5.33. The summed E-state index contributed by atoms with van der Waals surface area (Å²) in [6.45, 7) is 2.04. The Labute approximate surface area is 191 Å². The zero-order valence-corrected chi connectivity index (χ0v) is 19.2. The highest BCUT2D eigenvalue weighted by molar-refractivity contribution is 7.91. The predicted molar refractivity (Wildman–Crippen MR) is 126 cm³/mol. The van der Waals surface area contributed by atoms with Gasteiger partial charge in [-0.05, 0) is 5.56 Å². The van der Waals surface area contributed by atoms with Crippen LogP contribution < -0.4 is 5.32 Å². The lowest BCUT2D eigenvalue weighted by atomic mass is 10.0. The maximum atomic E-state index is 13.4. The van der Waals surface area contributed by atoms with E-state index in [1.165, 1.54) is 6.92 Å². The predicted octanol–water partition coefficient (Wildman–Crippen LogP) is 3.42. The molecule has 0 aliphatic carbocycles. The Morgan fingerprint density at radius 1 is 1.00 bits per heavy atom. The summed E-state index contributed by atoms with van der Waals surface area (Å²) < 4.78 is 23.8. The number of sulfone groups is 1. The molecule has 0 saturated carbocycles. The number of aromatic nitrogens is 1. The molecule has 166 valence electrons. The first kappa shape index (κ1) is 22.3. The average molecular weight is 470 g/mol. The van der Waals surface area contributed by atoms with E-state index in [1.54, 1.807) is 0 Å². The van der Waals surface area contributed by atoms with Crippen molar-refractivity contribution in [2.45, 2.75) is 13.0 Å². The molecule has 1 saturated heterocycles. The molecule has 9 heteroatoms. The van der Waals surface area contributed by atoms with Crippen LogP contribution in [0.2, 0.25) is 0 Å². The van der Waals surface area contributed by atoms with Gasteiger partial charge in [0.1, 0.15) is 6.04 Å². The molecule has 1 amide bonds. The van der Waals surface area contributed by atoms with E-state index in [0.29, 0.717) is 15.7 Å². The number of ketones is 1. The first-order valence-corrected chi connectivity index (χ1v) is 12.9. The highest BCUT2D eigenvalue weighted by Crippen LogP contribution is 2.33. The van der Waals surface area contributed by atoms with Crippen LogP contribution in [0.1, 0.15) is 28.2 Å². The first-order chi connectivity index (χ1) is 15.3. The molecule has 1 N–H and O–H groups in total. The molecule has 1 unspecified atom stereocenters. The second-order valence-electron chi connectivity index (χ2n) is 7.61. The summed E-state index contributed by atoms with van der Waals surface area (Å²) in [6.07, 6.45) is 0. The van der Waals surface area contributed by atoms with E-state index in [4.69, 9.17) is 0 Å². The molecule has 2 heterocycles. The van der Waals surface area contributed by atoms with Gasteiger partial charge in [0.05, 0.1) is 22.1 Å². The number of amides is 1. The van der Waals surface area contributed by atoms with Crippen molar-refractivity contribution < 1.29 is 18.0 Å². The Morgan fingerprint density at radius 2 is 1.59 bits per heavy atom. The molecule has 4 rings (SSSR count). The van der Waals surface area contributed by atoms with Crippen LogP contribution in [0.15, 0.2) is 60.7 Å². The molecular formula is C23H23N3O4S2. The zero-order valence-electron chi connectivity index (χ0n) is 17.5. The lowest BCUT2D eigenvalue weighted by molar-refractivity contribution is -0.121. The smallest absolute Gasteiger partial charge is 0.248 e. The Morgan fingerprint density at radius 3 is 2.19 bits per heavy atom. The van der Waals surface area contributed by atoms with Crippen molar-refractivity contribution in [2.75, 3.05) is 29.9 Å². The van der Waals surface area contributed by atoms with E-state index in [2.05, 4.69) is 10.3 Å². The second-order valence-corrected chi connectivity index (χ2v) is 10.9. The monoisotopic (exact) mass is 469 g/mol. The number of benzene rings is 2. The van der Waals surface area contributed by atoms with Crippen LogP contribution in [0.4, 0.5) is 5.13 Å². The lowest BCUT2D eigenvalue weighted by Gasteiger charge is -2.33. The van der Waals surface area contributed by atoms with E-state index < -0.39 is 15.9 Å². The van der Waals surface area contributed by atoms with Gasteiger partial charge in [-0.2, -0.15) is 0 Å². The quantitative estimate of drug-likeness (QED) is 0.556. The number of hydrogen-bond donors (Lipinski definition) is 1. The fourth-order valence-corrected chi connectivity index (χ4v) is 5.84. The first-order valence-electron chi connectivity index (χ1n) is 10.2. The lowest BCUT2D eigenvalue weighted by Crippen LogP contribution is -2.46. The van der Waals surface area contributed by atoms with E-state index in [-0.39, 0.29) is 36.3 Å². The Hall–Kier alpha value is -2.88. The highest BCUT2D eigenvalue weighted by atomic mass is 32.2. The average Bonchev–Trinajstić information content (AvgIpc) is 3.20. The summed E-state index contributed by atoms with van der Waals surface area (Å²) in [5.41, 5.74) is 2.12. The van der Waals surface area contributed by atoms with Gasteiger partial charge in [0.15, 0.2) is 20.8 Å². The minimum atomic E-state index is -3.08. The van der Waals surface area contributed by atoms with Crippen molar-refractivity contribution in [2.24, 2.45) is 0 Å². The Kier molecular flexibility index (Phi) is 6.50. The molecule has 3 aromatic rings. The maximum Gasteiger partial charge on any atom is 0.248 e. The van der Waals surface area contributed by atoms with Gasteiger partial charge < -0.3 is 5.32 Å². The van der Waals surface area contributed by atoms with E-state index >= 15 is 0 Å². The number of carbonyl (C=O) groups excluding carboxylic acids is 2. The van der Waals surface area contributed by atoms with Crippen molar-refractivity contribution in [3.05, 3.63) is 71.1 Å². The summed E-state index contributed by atoms with van der Waals surface area (Å²) in [4.78, 5) is 32.5. The summed E-state index contributed by atoms with van der Waals surface area (Å²) in [5, 5.41) is 3.21. The van der Waals surface area contributed by atoms with Crippen LogP contribution >= 0.6 is 11.3 Å². The minimum absolute atomic E-state index is 0.0213. The molecular weight excluding hydrogens is 446 g/mol. The fourth-order valence-electron chi connectivity index (χ4n) is 3.73. The Bertz CT molecular complexity index is 1210. The van der Waals surface area contributed by atoms with Crippen LogP contribution in [-0.4, -0.2) is 54.6 Å². The van der Waals surface area contributed by atoms with Crippen molar-refractivity contribution in [1.29, 1.82) is 0 Å². The summed E-state index contributed by atoms with van der Waals surface area (Å²) in [5.74, 6) is -0.386. The number of nitrogens with one attached hydrogen (secondary N) is 1. The van der Waals surface area contributed by atoms with Crippen LogP contribution in [0, 0.1) is 0 Å². The van der Waals surface area contributed by atoms with Crippen molar-refractivity contribution >= 4 is 38.0 Å². The molecule has 7 nitrogen and oxygen atoms in total. The molecule has 2 aromatic carbocycles. The number of hydrogen-bond acceptors (Lipinski definition) is 7. The van der Waals surface area contributed by atoms with E-state index in [0.717, 1.165) is 22.5 Å². The van der Waals surface area contributed by atoms with Gasteiger partial charge in [0, 0.05) is 25.6 Å². The number of rotatable bonds is 6. The van der Waals surface area contributed by atoms with Crippen molar-refractivity contribution in [1.82, 2.24) is 9.88 Å². The molecule has 1 aliphatic heterocycles. The SMILES string of the molecule is CC(=O)c1sc(NC(=O)C(c2ccccc2)N2CCS(=O)(=O)CC2)nc1-c1ccccc1. The maximum absolute atomic E-state index is 13.4. The van der Waals surface area contributed by atoms with Gasteiger partial charge in [-0.3, -0.25) is 14.5 Å². The molecule has 32 heavy (non-hydrogen) atoms. The van der Waals surface area contributed by atoms with E-state index in [9.17, 15) is 18.0 Å². The third-order valence-corrected chi connectivity index (χ3v) is 8.01.